The molecule has 0 atom stereocenters. The first-order valence-electron chi connectivity index (χ1n) is 4.18. The fraction of sp³-hybridized carbons (Fsp3) is 0.222. The SMILES string of the molecule is NCCNOC(=O)c1ccccc1O. The van der Waals surface area contributed by atoms with Gasteiger partial charge in [0.1, 0.15) is 11.3 Å². The molecule has 14 heavy (non-hydrogen) atoms. The topological polar surface area (TPSA) is 84.6 Å². The molecule has 0 amide bonds. The number of aromatic hydroxyl groups is 1. The summed E-state index contributed by atoms with van der Waals surface area (Å²) >= 11 is 0. The van der Waals surface area contributed by atoms with Crippen LogP contribution in [0.4, 0.5) is 0 Å². The second kappa shape index (κ2) is 5.21. The van der Waals surface area contributed by atoms with Crippen LogP contribution >= 0.6 is 0 Å². The molecule has 0 unspecified atom stereocenters. The lowest BCUT2D eigenvalue weighted by Crippen LogP contribution is -2.25. The molecule has 0 aromatic heterocycles. The molecule has 1 aromatic rings. The predicted molar refractivity (Wildman–Crippen MR) is 50.6 cm³/mol. The van der Waals surface area contributed by atoms with Crippen molar-refractivity contribution in [3.63, 3.8) is 0 Å². The minimum absolute atomic E-state index is 0.105. The number of benzene rings is 1. The van der Waals surface area contributed by atoms with Crippen molar-refractivity contribution in [1.29, 1.82) is 0 Å². The first kappa shape index (κ1) is 10.5. The lowest BCUT2D eigenvalue weighted by atomic mass is 10.2. The molecular weight excluding hydrogens is 184 g/mol. The van der Waals surface area contributed by atoms with Gasteiger partial charge in [-0.2, -0.15) is 5.48 Å². The first-order valence-corrected chi connectivity index (χ1v) is 4.18. The van der Waals surface area contributed by atoms with Gasteiger partial charge in [-0.3, -0.25) is 0 Å². The second-order valence-corrected chi connectivity index (χ2v) is 2.59. The van der Waals surface area contributed by atoms with Crippen molar-refractivity contribution < 1.29 is 14.7 Å². The molecule has 0 fully saturated rings. The summed E-state index contributed by atoms with van der Waals surface area (Å²) in [4.78, 5) is 15.9. The maximum atomic E-state index is 11.3. The number of para-hydroxylation sites is 1. The van der Waals surface area contributed by atoms with Crippen LogP contribution in [0.2, 0.25) is 0 Å². The summed E-state index contributed by atoms with van der Waals surface area (Å²) in [5.41, 5.74) is 7.68. The average molecular weight is 196 g/mol. The third-order valence-corrected chi connectivity index (χ3v) is 1.54. The molecule has 0 radical (unpaired) electrons. The van der Waals surface area contributed by atoms with Crippen LogP contribution in [0.5, 0.6) is 5.75 Å². The van der Waals surface area contributed by atoms with Crippen LogP contribution in [0, 0.1) is 0 Å². The number of hydrogen-bond acceptors (Lipinski definition) is 5. The van der Waals surface area contributed by atoms with Crippen molar-refractivity contribution in [3.8, 4) is 5.75 Å². The van der Waals surface area contributed by atoms with E-state index in [9.17, 15) is 9.90 Å². The second-order valence-electron chi connectivity index (χ2n) is 2.59. The number of phenols is 1. The zero-order valence-electron chi connectivity index (χ0n) is 7.56. The van der Waals surface area contributed by atoms with E-state index in [1.807, 2.05) is 0 Å². The minimum atomic E-state index is -0.628. The Balaban J connectivity index is 2.56. The summed E-state index contributed by atoms with van der Waals surface area (Å²) in [5.74, 6) is -0.733. The van der Waals surface area contributed by atoms with Crippen molar-refractivity contribution in [2.45, 2.75) is 0 Å². The maximum absolute atomic E-state index is 11.3. The first-order chi connectivity index (χ1) is 6.75. The molecule has 0 heterocycles. The average Bonchev–Trinajstić information content (AvgIpc) is 2.18. The highest BCUT2D eigenvalue weighted by Crippen LogP contribution is 2.15. The van der Waals surface area contributed by atoms with Crippen LogP contribution in [-0.4, -0.2) is 24.2 Å². The standard InChI is InChI=1S/C9H12N2O3/c10-5-6-11-14-9(13)7-3-1-2-4-8(7)12/h1-4,11-12H,5-6,10H2. The van der Waals surface area contributed by atoms with Gasteiger partial charge in [0.2, 0.25) is 0 Å². The van der Waals surface area contributed by atoms with E-state index in [-0.39, 0.29) is 11.3 Å². The highest BCUT2D eigenvalue weighted by Gasteiger charge is 2.10. The molecule has 0 saturated heterocycles. The Hall–Kier alpha value is -1.59. The van der Waals surface area contributed by atoms with Gasteiger partial charge in [0.05, 0.1) is 0 Å². The van der Waals surface area contributed by atoms with Crippen molar-refractivity contribution in [2.75, 3.05) is 13.1 Å². The van der Waals surface area contributed by atoms with Gasteiger partial charge in [0.15, 0.2) is 0 Å². The number of nitrogens with one attached hydrogen (secondary N) is 1. The molecule has 1 aromatic carbocycles. The lowest BCUT2D eigenvalue weighted by molar-refractivity contribution is 0.0258. The largest absolute Gasteiger partial charge is 0.507 e. The Kier molecular flexibility index (Phi) is 3.90. The number of carbonyl (C=O) groups is 1. The molecule has 0 aliphatic rings. The Bertz CT molecular complexity index is 315. The van der Waals surface area contributed by atoms with Crippen molar-refractivity contribution in [1.82, 2.24) is 5.48 Å². The number of nitrogens with two attached hydrogens (primary N) is 1. The van der Waals surface area contributed by atoms with Crippen LogP contribution in [0.15, 0.2) is 24.3 Å². The minimum Gasteiger partial charge on any atom is -0.507 e. The quantitative estimate of drug-likeness (QED) is 0.466. The van der Waals surface area contributed by atoms with Crippen molar-refractivity contribution in [2.24, 2.45) is 5.73 Å². The smallest absolute Gasteiger partial charge is 0.360 e. The lowest BCUT2D eigenvalue weighted by Gasteiger charge is -2.05. The zero-order chi connectivity index (χ0) is 10.4. The van der Waals surface area contributed by atoms with E-state index in [0.717, 1.165) is 0 Å². The number of phenolic OH excluding ortho intramolecular Hbond substituents is 1. The number of hydroxylamine groups is 1. The molecule has 1 rings (SSSR count). The van der Waals surface area contributed by atoms with Crippen molar-refractivity contribution in [3.05, 3.63) is 29.8 Å². The van der Waals surface area contributed by atoms with Gasteiger partial charge in [-0.05, 0) is 12.1 Å². The molecule has 5 heteroatoms. The van der Waals surface area contributed by atoms with Crippen molar-refractivity contribution >= 4 is 5.97 Å². The van der Waals surface area contributed by atoms with Crippen LogP contribution in [0.1, 0.15) is 10.4 Å². The van der Waals surface area contributed by atoms with Crippen LogP contribution in [-0.2, 0) is 4.84 Å². The Morgan fingerprint density at radius 1 is 1.50 bits per heavy atom. The van der Waals surface area contributed by atoms with Crippen LogP contribution < -0.4 is 11.2 Å². The maximum Gasteiger partial charge on any atom is 0.360 e. The Morgan fingerprint density at radius 3 is 2.86 bits per heavy atom. The summed E-state index contributed by atoms with van der Waals surface area (Å²) in [5, 5.41) is 9.28. The molecule has 0 aliphatic carbocycles. The Labute approximate surface area is 81.4 Å². The summed E-state index contributed by atoms with van der Waals surface area (Å²) in [6, 6.07) is 6.15. The number of carbonyl (C=O) groups excluding carboxylic acids is 1. The van der Waals surface area contributed by atoms with E-state index >= 15 is 0 Å². The van der Waals surface area contributed by atoms with E-state index < -0.39 is 5.97 Å². The molecule has 76 valence electrons. The van der Waals surface area contributed by atoms with E-state index in [1.54, 1.807) is 12.1 Å². The van der Waals surface area contributed by atoms with Crippen LogP contribution in [0.25, 0.3) is 0 Å². The highest BCUT2D eigenvalue weighted by molar-refractivity contribution is 5.92. The van der Waals surface area contributed by atoms with E-state index in [0.29, 0.717) is 13.1 Å². The molecule has 0 spiro atoms. The van der Waals surface area contributed by atoms with Gasteiger partial charge in [-0.25, -0.2) is 4.79 Å². The number of rotatable bonds is 4. The summed E-state index contributed by atoms with van der Waals surface area (Å²) in [6.07, 6.45) is 0. The van der Waals surface area contributed by atoms with Gasteiger partial charge in [0, 0.05) is 13.1 Å². The zero-order valence-corrected chi connectivity index (χ0v) is 7.56. The van der Waals surface area contributed by atoms with E-state index in [4.69, 9.17) is 5.73 Å². The highest BCUT2D eigenvalue weighted by atomic mass is 16.7. The molecule has 0 aliphatic heterocycles. The van der Waals surface area contributed by atoms with Gasteiger partial charge in [-0.15, -0.1) is 0 Å². The van der Waals surface area contributed by atoms with E-state index in [2.05, 4.69) is 10.3 Å². The fourth-order valence-electron chi connectivity index (χ4n) is 0.877. The molecule has 0 saturated carbocycles. The molecule has 0 bridgehead atoms. The molecule has 5 nitrogen and oxygen atoms in total. The normalized spacial score (nSPS) is 9.79. The third kappa shape index (κ3) is 2.72. The number of hydrogen-bond donors (Lipinski definition) is 3. The Morgan fingerprint density at radius 2 is 2.21 bits per heavy atom. The summed E-state index contributed by atoms with van der Waals surface area (Å²) < 4.78 is 0. The van der Waals surface area contributed by atoms with Crippen LogP contribution in [0.3, 0.4) is 0 Å². The van der Waals surface area contributed by atoms with Gasteiger partial charge in [-0.1, -0.05) is 12.1 Å². The predicted octanol–water partition coefficient (Wildman–Crippen LogP) is 0.0123. The third-order valence-electron chi connectivity index (χ3n) is 1.54. The van der Waals surface area contributed by atoms with Gasteiger partial charge in [0.25, 0.3) is 0 Å². The molecular formula is C9H12N2O3. The monoisotopic (exact) mass is 196 g/mol. The molecule has 4 N–H and O–H groups in total. The summed E-state index contributed by atoms with van der Waals surface area (Å²) in [7, 11) is 0. The van der Waals surface area contributed by atoms with Gasteiger partial charge < -0.3 is 15.7 Å². The van der Waals surface area contributed by atoms with Gasteiger partial charge >= 0.3 is 5.97 Å². The summed E-state index contributed by atoms with van der Waals surface area (Å²) in [6.45, 7) is 0.743. The fourth-order valence-corrected chi connectivity index (χ4v) is 0.877. The van der Waals surface area contributed by atoms with E-state index in [1.165, 1.54) is 12.1 Å².